The summed E-state index contributed by atoms with van der Waals surface area (Å²) in [5, 5.41) is 3.43. The molecule has 1 aromatic carbocycles. The Balaban J connectivity index is 2.16. The molecule has 5 heteroatoms. The smallest absolute Gasteiger partial charge is 0.169 e. The molecule has 0 saturated heterocycles. The summed E-state index contributed by atoms with van der Waals surface area (Å²) in [7, 11) is 1.46. The van der Waals surface area contributed by atoms with Crippen LogP contribution in [-0.4, -0.2) is 13.7 Å². The van der Waals surface area contributed by atoms with Gasteiger partial charge in [-0.15, -0.1) is 0 Å². The molecular weight excluding hydrogens is 337 g/mol. The zero-order valence-electron chi connectivity index (χ0n) is 12.2. The third-order valence-corrected chi connectivity index (χ3v) is 3.66. The normalized spacial score (nSPS) is 12.4. The molecule has 0 aliphatic heterocycles. The van der Waals surface area contributed by atoms with Gasteiger partial charge in [-0.2, -0.15) is 0 Å². The van der Waals surface area contributed by atoms with Crippen molar-refractivity contribution in [3.63, 3.8) is 0 Å². The Morgan fingerprint density at radius 2 is 2.14 bits per heavy atom. The molecule has 21 heavy (non-hydrogen) atoms. The van der Waals surface area contributed by atoms with Crippen molar-refractivity contribution in [2.45, 2.75) is 25.8 Å². The number of benzene rings is 1. The fourth-order valence-electron chi connectivity index (χ4n) is 2.18. The molecule has 114 valence electrons. The van der Waals surface area contributed by atoms with Gasteiger partial charge in [-0.3, -0.25) is 0 Å². The quantitative estimate of drug-likeness (QED) is 0.795. The zero-order chi connectivity index (χ0) is 15.2. The van der Waals surface area contributed by atoms with E-state index in [0.717, 1.165) is 24.3 Å². The summed E-state index contributed by atoms with van der Waals surface area (Å²) in [5.41, 5.74) is 0.898. The molecule has 1 heterocycles. The molecule has 0 fully saturated rings. The van der Waals surface area contributed by atoms with E-state index < -0.39 is 0 Å². The Bertz CT molecular complexity index is 585. The first-order chi connectivity index (χ1) is 10.1. The molecule has 2 aromatic rings. The van der Waals surface area contributed by atoms with Gasteiger partial charge in [0.15, 0.2) is 16.2 Å². The lowest BCUT2D eigenvalue weighted by atomic mass is 10.0. The minimum absolute atomic E-state index is 0.0176. The third-order valence-electron chi connectivity index (χ3n) is 3.23. The Morgan fingerprint density at radius 1 is 1.33 bits per heavy atom. The largest absolute Gasteiger partial charge is 0.494 e. The van der Waals surface area contributed by atoms with Crippen molar-refractivity contribution < 1.29 is 13.5 Å². The van der Waals surface area contributed by atoms with Crippen LogP contribution in [0, 0.1) is 5.82 Å². The van der Waals surface area contributed by atoms with Crippen molar-refractivity contribution in [3.05, 3.63) is 52.1 Å². The molecule has 1 N–H and O–H groups in total. The van der Waals surface area contributed by atoms with Gasteiger partial charge in [0.25, 0.3) is 0 Å². The Hall–Kier alpha value is -1.33. The third kappa shape index (κ3) is 4.32. The van der Waals surface area contributed by atoms with E-state index in [1.54, 1.807) is 6.07 Å². The van der Waals surface area contributed by atoms with Crippen molar-refractivity contribution >= 4 is 15.9 Å². The number of halogens is 2. The van der Waals surface area contributed by atoms with Crippen molar-refractivity contribution in [2.24, 2.45) is 0 Å². The first kappa shape index (κ1) is 16.0. The van der Waals surface area contributed by atoms with E-state index in [9.17, 15) is 4.39 Å². The number of hydrogen-bond acceptors (Lipinski definition) is 3. The molecule has 0 aliphatic rings. The van der Waals surface area contributed by atoms with Crippen LogP contribution in [0.3, 0.4) is 0 Å². The maximum atomic E-state index is 13.8. The van der Waals surface area contributed by atoms with E-state index in [4.69, 9.17) is 9.15 Å². The number of nitrogens with one attached hydrogen (secondary N) is 1. The van der Waals surface area contributed by atoms with Gasteiger partial charge in [0.1, 0.15) is 5.76 Å². The summed E-state index contributed by atoms with van der Waals surface area (Å²) in [4.78, 5) is 0. The van der Waals surface area contributed by atoms with Crippen molar-refractivity contribution in [3.8, 4) is 5.75 Å². The van der Waals surface area contributed by atoms with Crippen LogP contribution in [0.2, 0.25) is 0 Å². The van der Waals surface area contributed by atoms with Crippen LogP contribution in [0.15, 0.2) is 39.4 Å². The maximum absolute atomic E-state index is 13.8. The number of hydrogen-bond donors (Lipinski definition) is 1. The topological polar surface area (TPSA) is 34.4 Å². The highest BCUT2D eigenvalue weighted by atomic mass is 79.9. The molecule has 1 unspecified atom stereocenters. The van der Waals surface area contributed by atoms with Crippen molar-refractivity contribution in [1.29, 1.82) is 0 Å². The van der Waals surface area contributed by atoms with Crippen LogP contribution in [0.25, 0.3) is 0 Å². The number of furan rings is 1. The number of methoxy groups -OCH3 is 1. The molecular formula is C16H19BrFNO2. The van der Waals surface area contributed by atoms with E-state index in [1.807, 2.05) is 18.2 Å². The zero-order valence-corrected chi connectivity index (χ0v) is 13.7. The van der Waals surface area contributed by atoms with Crippen LogP contribution in [0.4, 0.5) is 4.39 Å². The molecule has 0 saturated carbocycles. The summed E-state index contributed by atoms with van der Waals surface area (Å²) in [6.45, 7) is 2.98. The van der Waals surface area contributed by atoms with Crippen LogP contribution < -0.4 is 10.1 Å². The molecule has 0 bridgehead atoms. The van der Waals surface area contributed by atoms with Gasteiger partial charge in [-0.25, -0.2) is 4.39 Å². The highest BCUT2D eigenvalue weighted by Gasteiger charge is 2.16. The second-order valence-electron chi connectivity index (χ2n) is 4.82. The van der Waals surface area contributed by atoms with Crippen LogP contribution >= 0.6 is 15.9 Å². The van der Waals surface area contributed by atoms with Gasteiger partial charge in [-0.05, 0) is 65.1 Å². The van der Waals surface area contributed by atoms with Gasteiger partial charge >= 0.3 is 0 Å². The molecule has 0 radical (unpaired) electrons. The van der Waals surface area contributed by atoms with E-state index in [-0.39, 0.29) is 17.6 Å². The maximum Gasteiger partial charge on any atom is 0.169 e. The van der Waals surface area contributed by atoms with Gasteiger partial charge in [0.05, 0.1) is 13.2 Å². The predicted octanol–water partition coefficient (Wildman–Crippen LogP) is 4.47. The van der Waals surface area contributed by atoms with E-state index in [1.165, 1.54) is 13.2 Å². The molecule has 3 nitrogen and oxygen atoms in total. The summed E-state index contributed by atoms with van der Waals surface area (Å²) in [6.07, 6.45) is 1.68. The standard InChI is InChI=1S/C16H19BrFNO2/c1-3-8-19-13(15-6-7-16(17)21-15)10-11-4-5-14(20-2)12(18)9-11/h4-7,9,13,19H,3,8,10H2,1-2H3. The molecule has 0 amide bonds. The fourth-order valence-corrected chi connectivity index (χ4v) is 2.50. The first-order valence-corrected chi connectivity index (χ1v) is 7.74. The Morgan fingerprint density at radius 3 is 2.71 bits per heavy atom. The van der Waals surface area contributed by atoms with Crippen molar-refractivity contribution in [1.82, 2.24) is 5.32 Å². The van der Waals surface area contributed by atoms with Crippen molar-refractivity contribution in [2.75, 3.05) is 13.7 Å². The molecule has 0 spiro atoms. The SMILES string of the molecule is CCCNC(Cc1ccc(OC)c(F)c1)c1ccc(Br)o1. The second-order valence-corrected chi connectivity index (χ2v) is 5.60. The average molecular weight is 356 g/mol. The first-order valence-electron chi connectivity index (χ1n) is 6.95. The Kier molecular flexibility index (Phi) is 5.82. The summed E-state index contributed by atoms with van der Waals surface area (Å²) in [5.74, 6) is 0.758. The van der Waals surface area contributed by atoms with E-state index in [0.29, 0.717) is 11.1 Å². The van der Waals surface area contributed by atoms with Crippen LogP contribution in [-0.2, 0) is 6.42 Å². The van der Waals surface area contributed by atoms with Gasteiger partial charge in [-0.1, -0.05) is 13.0 Å². The highest BCUT2D eigenvalue weighted by Crippen LogP contribution is 2.25. The molecule has 1 atom stereocenters. The Labute approximate surface area is 132 Å². The minimum Gasteiger partial charge on any atom is -0.494 e. The number of rotatable bonds is 7. The molecule has 2 rings (SSSR count). The average Bonchev–Trinajstić information content (AvgIpc) is 2.90. The van der Waals surface area contributed by atoms with Crippen LogP contribution in [0.1, 0.15) is 30.7 Å². The number of ether oxygens (including phenoxy) is 1. The lowest BCUT2D eigenvalue weighted by Crippen LogP contribution is -2.23. The van der Waals surface area contributed by atoms with Gasteiger partial charge < -0.3 is 14.5 Å². The fraction of sp³-hybridized carbons (Fsp3) is 0.375. The summed E-state index contributed by atoms with van der Waals surface area (Å²) in [6, 6.07) is 8.85. The molecule has 1 aromatic heterocycles. The van der Waals surface area contributed by atoms with E-state index in [2.05, 4.69) is 28.2 Å². The van der Waals surface area contributed by atoms with Gasteiger partial charge in [0.2, 0.25) is 0 Å². The summed E-state index contributed by atoms with van der Waals surface area (Å²) < 4.78 is 25.0. The summed E-state index contributed by atoms with van der Waals surface area (Å²) >= 11 is 3.31. The highest BCUT2D eigenvalue weighted by molar-refractivity contribution is 9.10. The molecule has 0 aliphatic carbocycles. The lowest BCUT2D eigenvalue weighted by Gasteiger charge is -2.16. The lowest BCUT2D eigenvalue weighted by molar-refractivity contribution is 0.384. The van der Waals surface area contributed by atoms with E-state index >= 15 is 0 Å². The minimum atomic E-state index is -0.343. The second kappa shape index (κ2) is 7.61. The van der Waals surface area contributed by atoms with Crippen LogP contribution in [0.5, 0.6) is 5.75 Å². The predicted molar refractivity (Wildman–Crippen MR) is 84.1 cm³/mol. The van der Waals surface area contributed by atoms with Gasteiger partial charge in [0, 0.05) is 0 Å². The monoisotopic (exact) mass is 355 g/mol.